The highest BCUT2D eigenvalue weighted by Crippen LogP contribution is 2.24. The first kappa shape index (κ1) is 16.0. The average Bonchev–Trinajstić information content (AvgIpc) is 2.55. The molecule has 0 radical (unpaired) electrons. The van der Waals surface area contributed by atoms with E-state index in [-0.39, 0.29) is 17.2 Å². The summed E-state index contributed by atoms with van der Waals surface area (Å²) >= 11 is 0. The molecule has 0 aromatic heterocycles. The lowest BCUT2D eigenvalue weighted by atomic mass is 9.98. The first-order valence-corrected chi connectivity index (χ1v) is 7.27. The van der Waals surface area contributed by atoms with Crippen LogP contribution in [0.4, 0.5) is 0 Å². The predicted octanol–water partition coefficient (Wildman–Crippen LogP) is 3.07. The van der Waals surface area contributed by atoms with E-state index in [4.69, 9.17) is 0 Å². The fourth-order valence-electron chi connectivity index (χ4n) is 2.28. The van der Waals surface area contributed by atoms with Gasteiger partial charge in [0.15, 0.2) is 0 Å². The highest BCUT2D eigenvalue weighted by Gasteiger charge is 2.14. The van der Waals surface area contributed by atoms with Gasteiger partial charge >= 0.3 is 5.97 Å². The van der Waals surface area contributed by atoms with Crippen LogP contribution in [-0.2, 0) is 11.3 Å². The van der Waals surface area contributed by atoms with Crippen LogP contribution in [0.25, 0.3) is 0 Å². The summed E-state index contributed by atoms with van der Waals surface area (Å²) in [6.07, 6.45) is 0. The van der Waals surface area contributed by atoms with Crippen molar-refractivity contribution in [3.8, 4) is 5.75 Å². The number of rotatable bonds is 6. The molecule has 0 aliphatic heterocycles. The van der Waals surface area contributed by atoms with E-state index in [9.17, 15) is 9.90 Å². The molecule has 0 saturated carbocycles. The van der Waals surface area contributed by atoms with Gasteiger partial charge in [-0.25, -0.2) is 4.79 Å². The van der Waals surface area contributed by atoms with E-state index in [1.807, 2.05) is 24.3 Å². The topological polar surface area (TPSA) is 58.6 Å². The maximum atomic E-state index is 11.6. The Hall–Kier alpha value is -2.33. The monoisotopic (exact) mass is 299 g/mol. The Kier molecular flexibility index (Phi) is 5.55. The molecule has 4 heteroatoms. The number of nitrogens with one attached hydrogen (secondary N) is 1. The Morgan fingerprint density at radius 3 is 2.64 bits per heavy atom. The van der Waals surface area contributed by atoms with E-state index in [1.54, 1.807) is 6.07 Å². The average molecular weight is 299 g/mol. The molecule has 2 rings (SSSR count). The molecular formula is C18H21NO3. The zero-order valence-corrected chi connectivity index (χ0v) is 12.9. The van der Waals surface area contributed by atoms with Crippen molar-refractivity contribution in [2.75, 3.05) is 13.7 Å². The Morgan fingerprint density at radius 1 is 1.23 bits per heavy atom. The number of carbonyl (C=O) groups is 1. The first-order chi connectivity index (χ1) is 10.6. The van der Waals surface area contributed by atoms with E-state index in [0.717, 1.165) is 18.7 Å². The van der Waals surface area contributed by atoms with Crippen molar-refractivity contribution in [2.24, 2.45) is 0 Å². The van der Waals surface area contributed by atoms with Crippen LogP contribution in [0.1, 0.15) is 34.3 Å². The molecule has 0 fully saturated rings. The lowest BCUT2D eigenvalue weighted by Crippen LogP contribution is -2.19. The third-order valence-corrected chi connectivity index (χ3v) is 3.62. The molecule has 0 heterocycles. The van der Waals surface area contributed by atoms with Gasteiger partial charge in [-0.05, 0) is 29.2 Å². The third-order valence-electron chi connectivity index (χ3n) is 3.62. The quantitative estimate of drug-likeness (QED) is 0.805. The van der Waals surface area contributed by atoms with Crippen LogP contribution in [0.5, 0.6) is 5.75 Å². The first-order valence-electron chi connectivity index (χ1n) is 7.27. The van der Waals surface area contributed by atoms with Gasteiger partial charge in [0.1, 0.15) is 11.3 Å². The van der Waals surface area contributed by atoms with Crippen LogP contribution in [0.2, 0.25) is 0 Å². The van der Waals surface area contributed by atoms with E-state index in [2.05, 4.69) is 29.1 Å². The zero-order chi connectivity index (χ0) is 15.9. The maximum absolute atomic E-state index is 11.6. The molecule has 0 aliphatic rings. The van der Waals surface area contributed by atoms with E-state index in [1.165, 1.54) is 18.7 Å². The van der Waals surface area contributed by atoms with E-state index in [0.29, 0.717) is 0 Å². The fourth-order valence-corrected chi connectivity index (χ4v) is 2.28. The Labute approximate surface area is 130 Å². The van der Waals surface area contributed by atoms with Crippen molar-refractivity contribution in [1.82, 2.24) is 5.32 Å². The number of ether oxygens (including phenoxy) is 1. The van der Waals surface area contributed by atoms with Crippen molar-refractivity contribution in [2.45, 2.75) is 19.4 Å². The van der Waals surface area contributed by atoms with Crippen LogP contribution >= 0.6 is 0 Å². The number of aromatic hydroxyl groups is 1. The minimum absolute atomic E-state index is 0.0555. The second kappa shape index (κ2) is 7.61. The lowest BCUT2D eigenvalue weighted by Gasteiger charge is -2.14. The van der Waals surface area contributed by atoms with E-state index < -0.39 is 5.97 Å². The Bertz CT molecular complexity index is 625. The molecule has 2 aromatic rings. The summed E-state index contributed by atoms with van der Waals surface area (Å²) in [6, 6.07) is 15.2. The van der Waals surface area contributed by atoms with Crippen LogP contribution in [0.15, 0.2) is 48.5 Å². The molecule has 116 valence electrons. The molecule has 0 saturated heterocycles. The number of hydrogen-bond donors (Lipinski definition) is 2. The smallest absolute Gasteiger partial charge is 0.341 e. The van der Waals surface area contributed by atoms with E-state index >= 15 is 0 Å². The second-order valence-corrected chi connectivity index (χ2v) is 5.29. The molecule has 1 atom stereocenters. The number of benzene rings is 2. The van der Waals surface area contributed by atoms with Gasteiger partial charge in [0, 0.05) is 13.1 Å². The molecular weight excluding hydrogens is 278 g/mol. The second-order valence-electron chi connectivity index (χ2n) is 5.29. The largest absolute Gasteiger partial charge is 0.507 e. The molecule has 4 nitrogen and oxygen atoms in total. The molecule has 2 aromatic carbocycles. The van der Waals surface area contributed by atoms with Gasteiger partial charge in [0.25, 0.3) is 0 Å². The van der Waals surface area contributed by atoms with Crippen molar-refractivity contribution in [3.05, 3.63) is 65.2 Å². The molecule has 0 bridgehead atoms. The summed E-state index contributed by atoms with van der Waals surface area (Å²) in [7, 11) is 1.30. The SMILES string of the molecule is COC(=O)c1cc(C(C)CNCc2ccccc2)ccc1O. The zero-order valence-electron chi connectivity index (χ0n) is 12.9. The van der Waals surface area contributed by atoms with Gasteiger partial charge in [-0.15, -0.1) is 0 Å². The Morgan fingerprint density at radius 2 is 1.95 bits per heavy atom. The van der Waals surface area contributed by atoms with Gasteiger partial charge in [-0.1, -0.05) is 43.3 Å². The van der Waals surface area contributed by atoms with Gasteiger partial charge in [-0.2, -0.15) is 0 Å². The van der Waals surface area contributed by atoms with Crippen LogP contribution in [0, 0.1) is 0 Å². The molecule has 0 amide bonds. The molecule has 0 spiro atoms. The number of phenols is 1. The van der Waals surface area contributed by atoms with Gasteiger partial charge in [-0.3, -0.25) is 0 Å². The standard InChI is InChI=1S/C18H21NO3/c1-13(11-19-12-14-6-4-3-5-7-14)15-8-9-17(20)16(10-15)18(21)22-2/h3-10,13,19-20H,11-12H2,1-2H3. The summed E-state index contributed by atoms with van der Waals surface area (Å²) in [4.78, 5) is 11.6. The Balaban J connectivity index is 1.97. The lowest BCUT2D eigenvalue weighted by molar-refractivity contribution is 0.0597. The van der Waals surface area contributed by atoms with Crippen molar-refractivity contribution >= 4 is 5.97 Å². The fraction of sp³-hybridized carbons (Fsp3) is 0.278. The summed E-state index contributed by atoms with van der Waals surface area (Å²) < 4.78 is 4.68. The van der Waals surface area contributed by atoms with Crippen LogP contribution in [0.3, 0.4) is 0 Å². The summed E-state index contributed by atoms with van der Waals surface area (Å²) in [5.74, 6) is -0.364. The van der Waals surface area contributed by atoms with Crippen LogP contribution < -0.4 is 5.32 Å². The molecule has 22 heavy (non-hydrogen) atoms. The van der Waals surface area contributed by atoms with Gasteiger partial charge in [0.05, 0.1) is 7.11 Å². The number of carbonyl (C=O) groups excluding carboxylic acids is 1. The van der Waals surface area contributed by atoms with Crippen LogP contribution in [-0.4, -0.2) is 24.7 Å². The summed E-state index contributed by atoms with van der Waals surface area (Å²) in [6.45, 7) is 3.65. The molecule has 1 unspecified atom stereocenters. The summed E-state index contributed by atoms with van der Waals surface area (Å²) in [5, 5.41) is 13.1. The number of phenolic OH excluding ortho intramolecular Hbond substituents is 1. The van der Waals surface area contributed by atoms with Crippen molar-refractivity contribution in [1.29, 1.82) is 0 Å². The summed E-state index contributed by atoms with van der Waals surface area (Å²) in [5.41, 5.74) is 2.42. The predicted molar refractivity (Wildman–Crippen MR) is 86.0 cm³/mol. The maximum Gasteiger partial charge on any atom is 0.341 e. The highest BCUT2D eigenvalue weighted by molar-refractivity contribution is 5.92. The minimum Gasteiger partial charge on any atom is -0.507 e. The van der Waals surface area contributed by atoms with Crippen molar-refractivity contribution < 1.29 is 14.6 Å². The minimum atomic E-state index is -0.524. The normalized spacial score (nSPS) is 11.9. The number of hydrogen-bond acceptors (Lipinski definition) is 4. The van der Waals surface area contributed by atoms with Crippen molar-refractivity contribution in [3.63, 3.8) is 0 Å². The number of esters is 1. The molecule has 0 aliphatic carbocycles. The van der Waals surface area contributed by atoms with Gasteiger partial charge in [0.2, 0.25) is 0 Å². The number of methoxy groups -OCH3 is 1. The highest BCUT2D eigenvalue weighted by atomic mass is 16.5. The van der Waals surface area contributed by atoms with Gasteiger partial charge < -0.3 is 15.2 Å². The molecule has 2 N–H and O–H groups in total. The third kappa shape index (κ3) is 4.09.